The monoisotopic (exact) mass is 390 g/mol. The predicted molar refractivity (Wildman–Crippen MR) is 107 cm³/mol. The maximum atomic E-state index is 12.8. The lowest BCUT2D eigenvalue weighted by Gasteiger charge is -2.29. The second-order valence-electron chi connectivity index (χ2n) is 8.35. The van der Waals surface area contributed by atoms with E-state index in [0.29, 0.717) is 22.5 Å². The van der Waals surface area contributed by atoms with Crippen molar-refractivity contribution in [1.82, 2.24) is 4.90 Å². The predicted octanol–water partition coefficient (Wildman–Crippen LogP) is 4.59. The van der Waals surface area contributed by atoms with E-state index < -0.39 is 9.84 Å². The van der Waals surface area contributed by atoms with Gasteiger partial charge < -0.3 is 10.2 Å². The molecule has 1 N–H and O–H groups in total. The van der Waals surface area contributed by atoms with E-state index in [0.717, 1.165) is 45.1 Å². The number of nitrogens with zero attached hydrogens (tertiary/aromatic N) is 1. The second kappa shape index (κ2) is 7.82. The molecule has 1 heterocycles. The number of likely N-dealkylation sites (tertiary alicyclic amines) is 1. The Morgan fingerprint density at radius 2 is 1.52 bits per heavy atom. The molecular formula is C21H30N2O3S. The van der Waals surface area contributed by atoms with Crippen molar-refractivity contribution in [3.05, 3.63) is 24.3 Å². The van der Waals surface area contributed by atoms with Crippen LogP contribution in [0.5, 0.6) is 0 Å². The molecule has 2 saturated carbocycles. The van der Waals surface area contributed by atoms with Crippen LogP contribution in [0.15, 0.2) is 29.2 Å². The topological polar surface area (TPSA) is 66.5 Å². The standard InChI is InChI=1S/C21H30N2O3S/c24-21(23-15-5-10-20(23)16-6-1-2-7-16)22-17-11-13-19(14-12-17)27(25,26)18-8-3-4-9-18/h11-14,16,18,20H,1-10,15H2,(H,22,24)/t20-/m1/s1. The van der Waals surface area contributed by atoms with Gasteiger partial charge in [0.2, 0.25) is 0 Å². The summed E-state index contributed by atoms with van der Waals surface area (Å²) >= 11 is 0. The summed E-state index contributed by atoms with van der Waals surface area (Å²) in [6, 6.07) is 7.05. The minimum absolute atomic E-state index is 0.0456. The summed E-state index contributed by atoms with van der Waals surface area (Å²) < 4.78 is 25.3. The highest BCUT2D eigenvalue weighted by Crippen LogP contribution is 2.36. The van der Waals surface area contributed by atoms with Gasteiger partial charge >= 0.3 is 6.03 Å². The maximum absolute atomic E-state index is 12.8. The van der Waals surface area contributed by atoms with Gasteiger partial charge in [-0.1, -0.05) is 25.7 Å². The molecule has 0 aromatic heterocycles. The largest absolute Gasteiger partial charge is 0.322 e. The zero-order valence-corrected chi connectivity index (χ0v) is 16.7. The first-order chi connectivity index (χ1) is 13.1. The Hall–Kier alpha value is -1.56. The van der Waals surface area contributed by atoms with Gasteiger partial charge in [-0.05, 0) is 68.7 Å². The molecule has 1 atom stereocenters. The molecule has 6 heteroatoms. The molecule has 148 valence electrons. The van der Waals surface area contributed by atoms with Crippen LogP contribution in [0.4, 0.5) is 10.5 Å². The highest BCUT2D eigenvalue weighted by Gasteiger charge is 2.36. The molecule has 27 heavy (non-hydrogen) atoms. The third-order valence-electron chi connectivity index (χ3n) is 6.68. The Kier molecular flexibility index (Phi) is 5.44. The zero-order chi connectivity index (χ0) is 18.9. The van der Waals surface area contributed by atoms with E-state index in [1.807, 2.05) is 4.90 Å². The summed E-state index contributed by atoms with van der Waals surface area (Å²) in [6.45, 7) is 0.821. The summed E-state index contributed by atoms with van der Waals surface area (Å²) in [5.74, 6) is 0.650. The highest BCUT2D eigenvalue weighted by molar-refractivity contribution is 7.92. The number of nitrogens with one attached hydrogen (secondary N) is 1. The smallest absolute Gasteiger partial charge is 0.321 e. The van der Waals surface area contributed by atoms with Crippen LogP contribution < -0.4 is 5.32 Å². The van der Waals surface area contributed by atoms with E-state index in [9.17, 15) is 13.2 Å². The van der Waals surface area contributed by atoms with Crippen molar-refractivity contribution in [2.24, 2.45) is 5.92 Å². The second-order valence-corrected chi connectivity index (χ2v) is 10.6. The molecule has 1 aromatic rings. The van der Waals surface area contributed by atoms with Crippen molar-refractivity contribution in [2.75, 3.05) is 11.9 Å². The van der Waals surface area contributed by atoms with Crippen LogP contribution in [-0.2, 0) is 9.84 Å². The molecule has 3 aliphatic rings. The molecule has 0 radical (unpaired) electrons. The van der Waals surface area contributed by atoms with Gasteiger partial charge in [-0.25, -0.2) is 13.2 Å². The SMILES string of the molecule is O=C(Nc1ccc(S(=O)(=O)C2CCCC2)cc1)N1CCC[C@@H]1C1CCCC1. The summed E-state index contributed by atoms with van der Waals surface area (Å²) in [6.07, 6.45) is 10.7. The average molecular weight is 391 g/mol. The van der Waals surface area contributed by atoms with Crippen molar-refractivity contribution in [3.8, 4) is 0 Å². The third-order valence-corrected chi connectivity index (χ3v) is 8.96. The van der Waals surface area contributed by atoms with Crippen LogP contribution in [0.3, 0.4) is 0 Å². The molecule has 0 spiro atoms. The summed E-state index contributed by atoms with van der Waals surface area (Å²) in [7, 11) is -3.24. The first kappa shape index (κ1) is 18.8. The van der Waals surface area contributed by atoms with E-state index in [1.54, 1.807) is 24.3 Å². The number of rotatable bonds is 4. The Morgan fingerprint density at radius 1 is 0.889 bits per heavy atom. The first-order valence-corrected chi connectivity index (χ1v) is 12.0. The van der Waals surface area contributed by atoms with E-state index in [1.165, 1.54) is 25.7 Å². The van der Waals surface area contributed by atoms with Gasteiger partial charge in [-0.2, -0.15) is 0 Å². The normalized spacial score (nSPS) is 24.6. The Morgan fingerprint density at radius 3 is 2.19 bits per heavy atom. The fourth-order valence-corrected chi connectivity index (χ4v) is 7.05. The van der Waals surface area contributed by atoms with Gasteiger partial charge in [0.25, 0.3) is 0 Å². The number of sulfone groups is 1. The summed E-state index contributed by atoms with van der Waals surface area (Å²) in [5.41, 5.74) is 0.669. The molecule has 4 rings (SSSR count). The van der Waals surface area contributed by atoms with Crippen molar-refractivity contribution >= 4 is 21.6 Å². The Bertz CT molecular complexity index is 763. The van der Waals surface area contributed by atoms with E-state index >= 15 is 0 Å². The van der Waals surface area contributed by atoms with Gasteiger partial charge in [0.1, 0.15) is 0 Å². The minimum atomic E-state index is -3.24. The molecule has 0 bridgehead atoms. The van der Waals surface area contributed by atoms with E-state index in [4.69, 9.17) is 0 Å². The number of amides is 2. The van der Waals surface area contributed by atoms with Crippen molar-refractivity contribution in [3.63, 3.8) is 0 Å². The van der Waals surface area contributed by atoms with Gasteiger partial charge in [0, 0.05) is 18.3 Å². The number of anilines is 1. The molecule has 1 saturated heterocycles. The van der Waals surface area contributed by atoms with E-state index in [2.05, 4.69) is 5.32 Å². The van der Waals surface area contributed by atoms with Crippen molar-refractivity contribution < 1.29 is 13.2 Å². The quantitative estimate of drug-likeness (QED) is 0.818. The van der Waals surface area contributed by atoms with Gasteiger partial charge in [0.05, 0.1) is 10.1 Å². The average Bonchev–Trinajstić information content (AvgIpc) is 3.44. The number of carbonyl (C=O) groups excluding carboxylic acids is 1. The summed E-state index contributed by atoms with van der Waals surface area (Å²) in [4.78, 5) is 15.1. The first-order valence-electron chi connectivity index (χ1n) is 10.5. The lowest BCUT2D eigenvalue weighted by atomic mass is 9.96. The Labute approximate surface area is 162 Å². The van der Waals surface area contributed by atoms with Gasteiger partial charge in [0.15, 0.2) is 9.84 Å². The van der Waals surface area contributed by atoms with E-state index in [-0.39, 0.29) is 11.3 Å². The number of hydrogen-bond donors (Lipinski definition) is 1. The zero-order valence-electron chi connectivity index (χ0n) is 15.9. The fraction of sp³-hybridized carbons (Fsp3) is 0.667. The molecule has 0 unspecified atom stereocenters. The van der Waals surface area contributed by atoms with Gasteiger partial charge in [-0.15, -0.1) is 0 Å². The highest BCUT2D eigenvalue weighted by atomic mass is 32.2. The summed E-state index contributed by atoms with van der Waals surface area (Å²) in [5, 5.41) is 2.74. The van der Waals surface area contributed by atoms with Gasteiger partial charge in [-0.3, -0.25) is 0 Å². The van der Waals surface area contributed by atoms with Crippen LogP contribution in [0, 0.1) is 5.92 Å². The molecule has 2 aliphatic carbocycles. The number of urea groups is 1. The van der Waals surface area contributed by atoms with Crippen LogP contribution in [0.25, 0.3) is 0 Å². The maximum Gasteiger partial charge on any atom is 0.322 e. The molecule has 5 nitrogen and oxygen atoms in total. The molecule has 1 aliphatic heterocycles. The molecular weight excluding hydrogens is 360 g/mol. The molecule has 2 amide bonds. The van der Waals surface area contributed by atoms with Crippen LogP contribution >= 0.6 is 0 Å². The van der Waals surface area contributed by atoms with Crippen LogP contribution in [-0.4, -0.2) is 37.2 Å². The lowest BCUT2D eigenvalue weighted by Crippen LogP contribution is -2.41. The van der Waals surface area contributed by atoms with Crippen LogP contribution in [0.2, 0.25) is 0 Å². The van der Waals surface area contributed by atoms with Crippen molar-refractivity contribution in [1.29, 1.82) is 0 Å². The Balaban J connectivity index is 1.41. The number of benzene rings is 1. The van der Waals surface area contributed by atoms with Crippen LogP contribution in [0.1, 0.15) is 64.2 Å². The molecule has 1 aromatic carbocycles. The number of carbonyl (C=O) groups is 1. The fourth-order valence-electron chi connectivity index (χ4n) is 5.19. The number of hydrogen-bond acceptors (Lipinski definition) is 3. The lowest BCUT2D eigenvalue weighted by molar-refractivity contribution is 0.185. The minimum Gasteiger partial charge on any atom is -0.321 e. The van der Waals surface area contributed by atoms with Crippen molar-refractivity contribution in [2.45, 2.75) is 80.4 Å². The third kappa shape index (κ3) is 3.86. The molecule has 3 fully saturated rings.